The maximum Gasteiger partial charge on any atom is 0.321 e. The van der Waals surface area contributed by atoms with Crippen molar-refractivity contribution >= 4 is 11.7 Å². The van der Waals surface area contributed by atoms with Crippen LogP contribution in [0.4, 0.5) is 10.5 Å². The van der Waals surface area contributed by atoms with Crippen LogP contribution >= 0.6 is 0 Å². The fraction of sp³-hybridized carbons (Fsp3) is 0.435. The van der Waals surface area contributed by atoms with E-state index in [4.69, 9.17) is 0 Å². The van der Waals surface area contributed by atoms with Crippen molar-refractivity contribution in [1.82, 2.24) is 9.80 Å². The van der Waals surface area contributed by atoms with Gasteiger partial charge in [-0.1, -0.05) is 62.4 Å². The fourth-order valence-electron chi connectivity index (χ4n) is 3.78. The Morgan fingerprint density at radius 3 is 2.22 bits per heavy atom. The van der Waals surface area contributed by atoms with Crippen LogP contribution in [-0.2, 0) is 0 Å². The second kappa shape index (κ2) is 8.57. The highest BCUT2D eigenvalue weighted by Gasteiger charge is 2.25. The quantitative estimate of drug-likeness (QED) is 0.825. The summed E-state index contributed by atoms with van der Waals surface area (Å²) in [4.78, 5) is 17.2. The zero-order chi connectivity index (χ0) is 19.4. The van der Waals surface area contributed by atoms with Crippen molar-refractivity contribution in [2.75, 3.05) is 31.5 Å². The number of amides is 2. The van der Waals surface area contributed by atoms with E-state index in [1.54, 1.807) is 0 Å². The van der Waals surface area contributed by atoms with Crippen molar-refractivity contribution in [2.45, 2.75) is 39.7 Å². The van der Waals surface area contributed by atoms with Gasteiger partial charge in [0.2, 0.25) is 0 Å². The van der Waals surface area contributed by atoms with Crippen LogP contribution in [0.3, 0.4) is 0 Å². The van der Waals surface area contributed by atoms with Crippen molar-refractivity contribution in [3.63, 3.8) is 0 Å². The Bertz CT molecular complexity index is 764. The molecule has 0 radical (unpaired) electrons. The lowest BCUT2D eigenvalue weighted by Crippen LogP contribution is -2.50. The largest absolute Gasteiger partial charge is 0.322 e. The number of nitrogens with zero attached hydrogens (tertiary/aromatic N) is 2. The number of piperazine rings is 1. The van der Waals surface area contributed by atoms with Crippen LogP contribution in [-0.4, -0.2) is 42.0 Å². The van der Waals surface area contributed by atoms with Gasteiger partial charge in [-0.05, 0) is 36.5 Å². The number of aryl methyl sites for hydroxylation is 1. The minimum atomic E-state index is 0.0122. The summed E-state index contributed by atoms with van der Waals surface area (Å²) < 4.78 is 0. The van der Waals surface area contributed by atoms with Crippen molar-refractivity contribution in [1.29, 1.82) is 0 Å². The van der Waals surface area contributed by atoms with Crippen molar-refractivity contribution in [3.8, 4) is 0 Å². The van der Waals surface area contributed by atoms with Gasteiger partial charge in [0.05, 0.1) is 0 Å². The van der Waals surface area contributed by atoms with E-state index in [0.717, 1.165) is 37.4 Å². The predicted octanol–water partition coefficient (Wildman–Crippen LogP) is 5.03. The third-order valence-corrected chi connectivity index (χ3v) is 5.59. The molecule has 2 aromatic rings. The first-order valence-corrected chi connectivity index (χ1v) is 9.91. The molecule has 0 spiro atoms. The lowest BCUT2D eigenvalue weighted by atomic mass is 9.98. The summed E-state index contributed by atoms with van der Waals surface area (Å²) in [6.07, 6.45) is 0. The summed E-state index contributed by atoms with van der Waals surface area (Å²) >= 11 is 0. The van der Waals surface area contributed by atoms with Gasteiger partial charge in [0, 0.05) is 37.9 Å². The van der Waals surface area contributed by atoms with E-state index in [0.29, 0.717) is 12.0 Å². The zero-order valence-electron chi connectivity index (χ0n) is 16.9. The third kappa shape index (κ3) is 4.51. The summed E-state index contributed by atoms with van der Waals surface area (Å²) in [7, 11) is 0. The van der Waals surface area contributed by atoms with E-state index in [1.807, 2.05) is 4.90 Å². The minimum absolute atomic E-state index is 0.0122. The highest BCUT2D eigenvalue weighted by Crippen LogP contribution is 2.28. The average Bonchev–Trinajstić information content (AvgIpc) is 2.69. The Kier molecular flexibility index (Phi) is 6.17. The van der Waals surface area contributed by atoms with Crippen molar-refractivity contribution in [2.24, 2.45) is 0 Å². The second-order valence-electron chi connectivity index (χ2n) is 7.73. The molecule has 0 aliphatic carbocycles. The number of anilines is 1. The highest BCUT2D eigenvalue weighted by molar-refractivity contribution is 5.91. The monoisotopic (exact) mass is 365 g/mol. The first-order chi connectivity index (χ1) is 13.0. The average molecular weight is 366 g/mol. The maximum absolute atomic E-state index is 12.8. The maximum atomic E-state index is 12.8. The van der Waals surface area contributed by atoms with Gasteiger partial charge in [-0.15, -0.1) is 0 Å². The van der Waals surface area contributed by atoms with Crippen LogP contribution in [0, 0.1) is 6.92 Å². The van der Waals surface area contributed by atoms with E-state index >= 15 is 0 Å². The van der Waals surface area contributed by atoms with Gasteiger partial charge in [-0.2, -0.15) is 0 Å². The van der Waals surface area contributed by atoms with E-state index in [2.05, 4.69) is 86.4 Å². The highest BCUT2D eigenvalue weighted by atomic mass is 16.2. The van der Waals surface area contributed by atoms with Crippen LogP contribution < -0.4 is 5.32 Å². The topological polar surface area (TPSA) is 35.6 Å². The molecule has 3 rings (SSSR count). The van der Waals surface area contributed by atoms with E-state index < -0.39 is 0 Å². The molecule has 2 aromatic carbocycles. The number of hydrogen-bond donors (Lipinski definition) is 1. The Morgan fingerprint density at radius 2 is 1.59 bits per heavy atom. The lowest BCUT2D eigenvalue weighted by molar-refractivity contribution is 0.119. The van der Waals surface area contributed by atoms with Crippen LogP contribution in [0.2, 0.25) is 0 Å². The molecule has 1 unspecified atom stereocenters. The van der Waals surface area contributed by atoms with Crippen LogP contribution in [0.25, 0.3) is 0 Å². The normalized spacial score (nSPS) is 16.4. The van der Waals surface area contributed by atoms with Gasteiger partial charge in [-0.25, -0.2) is 4.79 Å². The lowest BCUT2D eigenvalue weighted by Gasteiger charge is -2.38. The van der Waals surface area contributed by atoms with Gasteiger partial charge in [0.1, 0.15) is 0 Å². The number of urea groups is 1. The minimum Gasteiger partial charge on any atom is -0.322 e. The van der Waals surface area contributed by atoms with Gasteiger partial charge < -0.3 is 10.2 Å². The first kappa shape index (κ1) is 19.4. The molecule has 1 saturated heterocycles. The molecule has 1 aliphatic rings. The second-order valence-corrected chi connectivity index (χ2v) is 7.73. The van der Waals surface area contributed by atoms with Gasteiger partial charge >= 0.3 is 6.03 Å². The standard InChI is InChI=1S/C23H31N3O/c1-17(2)21-12-8-9-18(3)22(21)24-23(27)26-15-13-25(14-16-26)19(4)20-10-6-5-7-11-20/h5-12,17,19H,13-16H2,1-4H3,(H,24,27). The molecule has 27 heavy (non-hydrogen) atoms. The number of para-hydroxylation sites is 1. The molecule has 0 bridgehead atoms. The molecule has 1 N–H and O–H groups in total. The zero-order valence-corrected chi connectivity index (χ0v) is 16.9. The smallest absolute Gasteiger partial charge is 0.321 e. The molecule has 144 valence electrons. The van der Waals surface area contributed by atoms with E-state index in [1.165, 1.54) is 11.1 Å². The molecule has 4 nitrogen and oxygen atoms in total. The summed E-state index contributed by atoms with van der Waals surface area (Å²) in [5.74, 6) is 0.378. The third-order valence-electron chi connectivity index (χ3n) is 5.59. The molecule has 1 fully saturated rings. The fourth-order valence-corrected chi connectivity index (χ4v) is 3.78. The van der Waals surface area contributed by atoms with Crippen LogP contribution in [0.5, 0.6) is 0 Å². The predicted molar refractivity (Wildman–Crippen MR) is 112 cm³/mol. The number of hydrogen-bond acceptors (Lipinski definition) is 2. The number of benzene rings is 2. The molecular formula is C23H31N3O. The first-order valence-electron chi connectivity index (χ1n) is 9.91. The summed E-state index contributed by atoms with van der Waals surface area (Å²) in [5, 5.41) is 3.17. The van der Waals surface area contributed by atoms with Gasteiger partial charge in [0.25, 0.3) is 0 Å². The molecule has 1 heterocycles. The molecular weight excluding hydrogens is 334 g/mol. The molecule has 0 saturated carbocycles. The number of rotatable bonds is 4. The van der Waals surface area contributed by atoms with Crippen molar-refractivity contribution in [3.05, 3.63) is 65.2 Å². The molecule has 4 heteroatoms. The molecule has 2 amide bonds. The summed E-state index contributed by atoms with van der Waals surface area (Å²) in [6.45, 7) is 11.9. The van der Waals surface area contributed by atoms with E-state index in [-0.39, 0.29) is 6.03 Å². The summed E-state index contributed by atoms with van der Waals surface area (Å²) in [6, 6.07) is 17.2. The van der Waals surface area contributed by atoms with Crippen LogP contribution in [0.1, 0.15) is 49.4 Å². The number of carbonyl (C=O) groups is 1. The Balaban J connectivity index is 1.61. The Labute approximate surface area is 163 Å². The molecule has 1 atom stereocenters. The van der Waals surface area contributed by atoms with Crippen LogP contribution in [0.15, 0.2) is 48.5 Å². The number of nitrogens with one attached hydrogen (secondary N) is 1. The van der Waals surface area contributed by atoms with Gasteiger partial charge in [0.15, 0.2) is 0 Å². The molecule has 1 aliphatic heterocycles. The van der Waals surface area contributed by atoms with Gasteiger partial charge in [-0.3, -0.25) is 4.90 Å². The molecule has 0 aromatic heterocycles. The summed E-state index contributed by atoms with van der Waals surface area (Å²) in [5.41, 5.74) is 4.61. The van der Waals surface area contributed by atoms with Crippen molar-refractivity contribution < 1.29 is 4.79 Å². The Morgan fingerprint density at radius 1 is 0.926 bits per heavy atom. The number of carbonyl (C=O) groups excluding carboxylic acids is 1. The Hall–Kier alpha value is -2.33. The SMILES string of the molecule is Cc1cccc(C(C)C)c1NC(=O)N1CCN(C(C)c2ccccc2)CC1. The van der Waals surface area contributed by atoms with E-state index in [9.17, 15) is 4.79 Å².